The van der Waals surface area contributed by atoms with Gasteiger partial charge in [0.1, 0.15) is 0 Å². The summed E-state index contributed by atoms with van der Waals surface area (Å²) in [5.74, 6) is -0.910. The van der Waals surface area contributed by atoms with Crippen molar-refractivity contribution < 1.29 is 18.0 Å². The number of pyridine rings is 2. The number of aromatic nitrogens is 2. The van der Waals surface area contributed by atoms with Crippen LogP contribution in [-0.2, 0) is 9.84 Å². The van der Waals surface area contributed by atoms with E-state index >= 15 is 0 Å². The molecule has 0 bridgehead atoms. The fourth-order valence-electron chi connectivity index (χ4n) is 6.42. The molecular weight excluding hydrogens is 893 g/mol. The molecule has 0 saturated heterocycles. The van der Waals surface area contributed by atoms with E-state index in [-0.39, 0.29) is 39.9 Å². The van der Waals surface area contributed by atoms with Crippen LogP contribution in [-0.4, -0.2) is 30.2 Å². The third-order valence-electron chi connectivity index (χ3n) is 9.39. The molecule has 0 atom stereocenters. The molecule has 0 aliphatic heterocycles. The van der Waals surface area contributed by atoms with Gasteiger partial charge in [0.15, 0.2) is 0 Å². The zero-order valence-corrected chi connectivity index (χ0v) is 35.3. The Labute approximate surface area is 367 Å². The molecular formula is C44H24Cl6N4O4S. The number of amides is 2. The summed E-state index contributed by atoms with van der Waals surface area (Å²) in [7, 11) is -3.99. The third-order valence-corrected chi connectivity index (χ3v) is 13.8. The molecule has 0 aliphatic carbocycles. The lowest BCUT2D eigenvalue weighted by molar-refractivity contribution is 0.102. The average molecular weight is 917 g/mol. The minimum Gasteiger partial charge on any atom is -0.322 e. The summed E-state index contributed by atoms with van der Waals surface area (Å²) in [6, 6.07) is 35.7. The highest BCUT2D eigenvalue weighted by Crippen LogP contribution is 2.40. The quantitative estimate of drug-likeness (QED) is 0.147. The molecule has 6 aromatic carbocycles. The monoisotopic (exact) mass is 914 g/mol. The van der Waals surface area contributed by atoms with Crippen molar-refractivity contribution in [3.8, 4) is 22.5 Å². The number of hydrogen-bond donors (Lipinski definition) is 2. The van der Waals surface area contributed by atoms with Gasteiger partial charge < -0.3 is 10.6 Å². The fraction of sp³-hybridized carbons (Fsp3) is 0. The first-order valence-electron chi connectivity index (χ1n) is 17.5. The SMILES string of the molecule is O=C(Nc1ccc(S(=O)(=O)c2ccc(NC(=O)c3cc(-c4ccc(Cl)c(Cl)c4Cl)nc4ccccc34)cc2)cc1)c1cc(-c2ccc(Cl)c(Cl)c2Cl)nc2ccccc12. The zero-order valence-electron chi connectivity index (χ0n) is 29.9. The molecule has 15 heteroatoms. The van der Waals surface area contributed by atoms with E-state index < -0.39 is 21.7 Å². The molecule has 292 valence electrons. The molecule has 0 radical (unpaired) electrons. The Kier molecular flexibility index (Phi) is 11.3. The van der Waals surface area contributed by atoms with Gasteiger partial charge in [0, 0.05) is 33.3 Å². The number of anilines is 2. The molecule has 2 aromatic heterocycles. The number of halogens is 6. The number of rotatable bonds is 8. The molecule has 0 fully saturated rings. The van der Waals surface area contributed by atoms with Gasteiger partial charge in [-0.25, -0.2) is 18.4 Å². The van der Waals surface area contributed by atoms with Gasteiger partial charge in [0.25, 0.3) is 11.8 Å². The molecule has 59 heavy (non-hydrogen) atoms. The number of carbonyl (C=O) groups is 2. The summed E-state index contributed by atoms with van der Waals surface area (Å²) in [6.07, 6.45) is 0. The van der Waals surface area contributed by atoms with Gasteiger partial charge in [-0.3, -0.25) is 9.59 Å². The second-order valence-corrected chi connectivity index (χ2v) is 17.3. The van der Waals surface area contributed by atoms with Crippen LogP contribution in [0.1, 0.15) is 20.7 Å². The summed E-state index contributed by atoms with van der Waals surface area (Å²) >= 11 is 37.9. The van der Waals surface area contributed by atoms with Crippen molar-refractivity contribution in [2.45, 2.75) is 9.79 Å². The molecule has 0 saturated carbocycles. The molecule has 0 spiro atoms. The van der Waals surface area contributed by atoms with E-state index in [4.69, 9.17) is 79.6 Å². The molecule has 0 unspecified atom stereocenters. The Hall–Kier alpha value is -5.23. The van der Waals surface area contributed by atoms with Crippen molar-refractivity contribution in [1.82, 2.24) is 9.97 Å². The van der Waals surface area contributed by atoms with E-state index in [0.717, 1.165) is 0 Å². The second kappa shape index (κ2) is 16.4. The van der Waals surface area contributed by atoms with E-state index in [2.05, 4.69) is 10.6 Å². The normalized spacial score (nSPS) is 11.5. The van der Waals surface area contributed by atoms with Crippen molar-refractivity contribution in [3.05, 3.63) is 175 Å². The minimum atomic E-state index is -3.99. The topological polar surface area (TPSA) is 118 Å². The van der Waals surface area contributed by atoms with Crippen molar-refractivity contribution in [2.75, 3.05) is 10.6 Å². The Balaban J connectivity index is 1.01. The average Bonchev–Trinajstić information content (AvgIpc) is 3.24. The maximum absolute atomic E-state index is 13.7. The first kappa shape index (κ1) is 40.5. The number of benzene rings is 6. The Morgan fingerprint density at radius 3 is 1.22 bits per heavy atom. The number of nitrogens with one attached hydrogen (secondary N) is 2. The van der Waals surface area contributed by atoms with Crippen LogP contribution in [0.5, 0.6) is 0 Å². The van der Waals surface area contributed by atoms with Crippen LogP contribution in [0.2, 0.25) is 30.1 Å². The lowest BCUT2D eigenvalue weighted by atomic mass is 10.0. The zero-order chi connectivity index (χ0) is 41.6. The Morgan fingerprint density at radius 2 is 0.831 bits per heavy atom. The van der Waals surface area contributed by atoms with E-state index in [1.165, 1.54) is 48.5 Å². The van der Waals surface area contributed by atoms with E-state index in [1.807, 2.05) is 0 Å². The first-order valence-corrected chi connectivity index (χ1v) is 21.2. The maximum Gasteiger partial charge on any atom is 0.256 e. The summed E-state index contributed by atoms with van der Waals surface area (Å²) in [5, 5.41) is 8.19. The van der Waals surface area contributed by atoms with Crippen LogP contribution in [0.25, 0.3) is 44.3 Å². The third kappa shape index (κ3) is 7.95. The lowest BCUT2D eigenvalue weighted by Crippen LogP contribution is -2.13. The lowest BCUT2D eigenvalue weighted by Gasteiger charge is -2.13. The van der Waals surface area contributed by atoms with Crippen LogP contribution in [0.4, 0.5) is 11.4 Å². The highest BCUT2D eigenvalue weighted by atomic mass is 35.5. The standard InChI is InChI=1S/C44H24Cl6N4O4S/c45-33-19-17-29(39(47)41(33)49)37-21-31(27-5-1-3-7-35(27)53-37)43(55)51-23-9-13-25(14-10-23)59(57,58)26-15-11-24(12-16-26)52-44(56)32-22-38(54-36-8-4-2-6-28(32)36)30-18-20-34(46)42(50)40(30)48/h1-22H,(H,51,55)(H,52,56). The van der Waals surface area contributed by atoms with Gasteiger partial charge in [-0.2, -0.15) is 0 Å². The molecule has 2 N–H and O–H groups in total. The van der Waals surface area contributed by atoms with Crippen molar-refractivity contribution in [2.24, 2.45) is 0 Å². The fourth-order valence-corrected chi connectivity index (χ4v) is 8.94. The summed E-state index contributed by atoms with van der Waals surface area (Å²) < 4.78 is 27.4. The van der Waals surface area contributed by atoms with Crippen LogP contribution >= 0.6 is 69.6 Å². The number of sulfone groups is 1. The smallest absolute Gasteiger partial charge is 0.256 e. The Morgan fingerprint density at radius 1 is 0.458 bits per heavy atom. The van der Waals surface area contributed by atoms with Crippen LogP contribution in [0.15, 0.2) is 143 Å². The van der Waals surface area contributed by atoms with E-state index in [0.29, 0.717) is 66.8 Å². The van der Waals surface area contributed by atoms with Gasteiger partial charge in [-0.05, 0) is 97.1 Å². The number of fused-ring (bicyclic) bond motifs is 2. The molecule has 8 nitrogen and oxygen atoms in total. The predicted octanol–water partition coefficient (Wildman–Crippen LogP) is 13.4. The van der Waals surface area contributed by atoms with Crippen molar-refractivity contribution in [3.63, 3.8) is 0 Å². The predicted molar refractivity (Wildman–Crippen MR) is 239 cm³/mol. The van der Waals surface area contributed by atoms with Crippen LogP contribution < -0.4 is 10.6 Å². The van der Waals surface area contributed by atoms with E-state index in [9.17, 15) is 18.0 Å². The number of carbonyl (C=O) groups excluding carboxylic acids is 2. The summed E-state index contributed by atoms with van der Waals surface area (Å²) in [6.45, 7) is 0. The van der Waals surface area contributed by atoms with Gasteiger partial charge in [-0.1, -0.05) is 106 Å². The molecule has 0 aliphatic rings. The van der Waals surface area contributed by atoms with Crippen LogP contribution in [0.3, 0.4) is 0 Å². The van der Waals surface area contributed by atoms with Gasteiger partial charge in [0.2, 0.25) is 9.84 Å². The molecule has 8 aromatic rings. The highest BCUT2D eigenvalue weighted by molar-refractivity contribution is 7.91. The summed E-state index contributed by atoms with van der Waals surface area (Å²) in [4.78, 5) is 36.8. The highest BCUT2D eigenvalue weighted by Gasteiger charge is 2.22. The first-order chi connectivity index (χ1) is 28.3. The molecule has 2 heterocycles. The van der Waals surface area contributed by atoms with Crippen molar-refractivity contribution in [1.29, 1.82) is 0 Å². The number of nitrogens with zero attached hydrogens (tertiary/aromatic N) is 2. The minimum absolute atomic E-state index is 0.00469. The molecule has 8 rings (SSSR count). The maximum atomic E-state index is 13.7. The van der Waals surface area contributed by atoms with Gasteiger partial charge in [0.05, 0.1) is 73.5 Å². The largest absolute Gasteiger partial charge is 0.322 e. The Bertz CT molecular complexity index is 2920. The number of para-hydroxylation sites is 2. The van der Waals surface area contributed by atoms with Crippen LogP contribution in [0, 0.1) is 0 Å². The second-order valence-electron chi connectivity index (χ2n) is 13.1. The summed E-state index contributed by atoms with van der Waals surface area (Å²) in [5.41, 5.74) is 4.25. The number of hydrogen-bond acceptors (Lipinski definition) is 6. The van der Waals surface area contributed by atoms with Crippen molar-refractivity contribution >= 4 is 124 Å². The van der Waals surface area contributed by atoms with Gasteiger partial charge in [-0.15, -0.1) is 0 Å². The molecule has 2 amide bonds. The van der Waals surface area contributed by atoms with E-state index in [1.54, 1.807) is 84.9 Å². The van der Waals surface area contributed by atoms with Gasteiger partial charge >= 0.3 is 0 Å².